The molecule has 5 heteroatoms. The van der Waals surface area contributed by atoms with Gasteiger partial charge in [-0.1, -0.05) is 0 Å². The van der Waals surface area contributed by atoms with Crippen molar-refractivity contribution in [3.8, 4) is 0 Å². The lowest BCUT2D eigenvalue weighted by molar-refractivity contribution is -0.0420. The van der Waals surface area contributed by atoms with Crippen LogP contribution in [0.1, 0.15) is 59.3 Å². The number of likely N-dealkylation sites (N-methyl/N-ethyl adjacent to an activating group) is 1. The van der Waals surface area contributed by atoms with Crippen molar-refractivity contribution in [2.45, 2.75) is 76.5 Å². The molecular weight excluding hydrogens is 292 g/mol. The van der Waals surface area contributed by atoms with Gasteiger partial charge < -0.3 is 19.6 Å². The van der Waals surface area contributed by atoms with E-state index in [1.54, 1.807) is 4.90 Å². The Bertz CT molecular complexity index is 407. The van der Waals surface area contributed by atoms with E-state index in [0.29, 0.717) is 0 Å². The Hall–Kier alpha value is -0.810. The number of aliphatic hydroxyl groups is 1. The third kappa shape index (κ3) is 5.96. The van der Waals surface area contributed by atoms with Gasteiger partial charge >= 0.3 is 6.09 Å². The lowest BCUT2D eigenvalue weighted by Gasteiger charge is -2.41. The maximum atomic E-state index is 12.2. The zero-order chi connectivity index (χ0) is 17.3. The van der Waals surface area contributed by atoms with Crippen molar-refractivity contribution in [2.24, 2.45) is 5.92 Å². The second-order valence-electron chi connectivity index (χ2n) is 8.69. The first-order chi connectivity index (χ1) is 10.6. The first-order valence-electron chi connectivity index (χ1n) is 8.95. The number of carbonyl (C=O) groups excluding carboxylic acids is 1. The molecule has 2 aliphatic carbocycles. The zero-order valence-electron chi connectivity index (χ0n) is 15.5. The molecule has 134 valence electrons. The highest BCUT2D eigenvalue weighted by atomic mass is 16.6. The van der Waals surface area contributed by atoms with E-state index in [1.807, 2.05) is 27.8 Å². The number of hydrogen-bond acceptors (Lipinski definition) is 4. The molecule has 0 unspecified atom stereocenters. The van der Waals surface area contributed by atoms with Gasteiger partial charge in [0.05, 0.1) is 5.60 Å². The van der Waals surface area contributed by atoms with Gasteiger partial charge in [-0.3, -0.25) is 0 Å². The second-order valence-corrected chi connectivity index (χ2v) is 8.69. The number of ether oxygens (including phenoxy) is 1. The highest BCUT2D eigenvalue weighted by molar-refractivity contribution is 5.68. The normalized spacial score (nSPS) is 28.7. The van der Waals surface area contributed by atoms with E-state index in [9.17, 15) is 9.90 Å². The van der Waals surface area contributed by atoms with E-state index in [2.05, 4.69) is 11.9 Å². The Kier molecular flexibility index (Phi) is 5.62. The largest absolute Gasteiger partial charge is 0.444 e. The molecule has 2 saturated carbocycles. The third-order valence-electron chi connectivity index (χ3n) is 4.95. The molecule has 5 nitrogen and oxygen atoms in total. The van der Waals surface area contributed by atoms with Gasteiger partial charge in [0, 0.05) is 26.2 Å². The molecule has 2 aliphatic rings. The Morgan fingerprint density at radius 2 is 1.74 bits per heavy atom. The van der Waals surface area contributed by atoms with E-state index < -0.39 is 11.2 Å². The van der Waals surface area contributed by atoms with Crippen molar-refractivity contribution in [2.75, 3.05) is 27.2 Å². The standard InChI is InChI=1S/C18H34N2O3/c1-17(2,3)23-16(21)20(5)15-8-10-18(22,11-9-15)13-19(4)12-14-6-7-14/h14-15,22H,6-13H2,1-5H3. The van der Waals surface area contributed by atoms with Crippen LogP contribution in [0.3, 0.4) is 0 Å². The first-order valence-corrected chi connectivity index (χ1v) is 8.95. The fraction of sp³-hybridized carbons (Fsp3) is 0.944. The van der Waals surface area contributed by atoms with E-state index in [1.165, 1.54) is 12.8 Å². The van der Waals surface area contributed by atoms with Crippen molar-refractivity contribution >= 4 is 6.09 Å². The number of nitrogens with zero attached hydrogens (tertiary/aromatic N) is 2. The van der Waals surface area contributed by atoms with Crippen LogP contribution in [0.15, 0.2) is 0 Å². The minimum atomic E-state index is -0.602. The van der Waals surface area contributed by atoms with Gasteiger partial charge in [-0.05, 0) is 72.3 Å². The van der Waals surface area contributed by atoms with Crippen LogP contribution in [0, 0.1) is 5.92 Å². The molecule has 1 amide bonds. The minimum Gasteiger partial charge on any atom is -0.444 e. The molecule has 0 aromatic heterocycles. The van der Waals surface area contributed by atoms with Crippen molar-refractivity contribution in [3.63, 3.8) is 0 Å². The van der Waals surface area contributed by atoms with Gasteiger partial charge in [0.25, 0.3) is 0 Å². The van der Waals surface area contributed by atoms with E-state index in [4.69, 9.17) is 4.74 Å². The third-order valence-corrected chi connectivity index (χ3v) is 4.95. The topological polar surface area (TPSA) is 53.0 Å². The molecule has 23 heavy (non-hydrogen) atoms. The first kappa shape index (κ1) is 18.5. The summed E-state index contributed by atoms with van der Waals surface area (Å²) in [5, 5.41) is 10.8. The van der Waals surface area contributed by atoms with Crippen LogP contribution in [0.5, 0.6) is 0 Å². The quantitative estimate of drug-likeness (QED) is 0.844. The molecule has 0 heterocycles. The van der Waals surface area contributed by atoms with Crippen LogP contribution in [-0.2, 0) is 4.74 Å². The molecule has 0 bridgehead atoms. The predicted octanol–water partition coefficient (Wildman–Crippen LogP) is 2.87. The summed E-state index contributed by atoms with van der Waals surface area (Å²) in [6.45, 7) is 7.49. The summed E-state index contributed by atoms with van der Waals surface area (Å²) < 4.78 is 5.44. The monoisotopic (exact) mass is 326 g/mol. The van der Waals surface area contributed by atoms with Crippen molar-refractivity contribution in [3.05, 3.63) is 0 Å². The molecular formula is C18H34N2O3. The van der Waals surface area contributed by atoms with Crippen molar-refractivity contribution in [1.82, 2.24) is 9.80 Å². The molecule has 0 aromatic rings. The number of carbonyl (C=O) groups is 1. The van der Waals surface area contributed by atoms with Gasteiger partial charge in [0.1, 0.15) is 5.60 Å². The molecule has 0 aromatic carbocycles. The lowest BCUT2D eigenvalue weighted by Crippen LogP contribution is -2.49. The Morgan fingerprint density at radius 3 is 2.22 bits per heavy atom. The molecule has 1 N–H and O–H groups in total. The van der Waals surface area contributed by atoms with Crippen LogP contribution >= 0.6 is 0 Å². The molecule has 0 aliphatic heterocycles. The number of rotatable bonds is 5. The second kappa shape index (κ2) is 6.98. The van der Waals surface area contributed by atoms with Gasteiger partial charge in [-0.15, -0.1) is 0 Å². The van der Waals surface area contributed by atoms with Gasteiger partial charge in [0.15, 0.2) is 0 Å². The van der Waals surface area contributed by atoms with Crippen LogP contribution < -0.4 is 0 Å². The van der Waals surface area contributed by atoms with Crippen LogP contribution in [-0.4, -0.2) is 65.4 Å². The van der Waals surface area contributed by atoms with E-state index in [-0.39, 0.29) is 12.1 Å². The summed E-state index contributed by atoms with van der Waals surface area (Å²) in [5.74, 6) is 0.846. The molecule has 0 saturated heterocycles. The summed E-state index contributed by atoms with van der Waals surface area (Å²) in [6.07, 6.45) is 5.59. The summed E-state index contributed by atoms with van der Waals surface area (Å²) >= 11 is 0. The van der Waals surface area contributed by atoms with Gasteiger partial charge in [-0.25, -0.2) is 4.79 Å². The minimum absolute atomic E-state index is 0.166. The van der Waals surface area contributed by atoms with E-state index in [0.717, 1.165) is 44.7 Å². The Balaban J connectivity index is 1.78. The fourth-order valence-corrected chi connectivity index (χ4v) is 3.48. The fourth-order valence-electron chi connectivity index (χ4n) is 3.48. The molecule has 2 rings (SSSR count). The molecule has 2 fully saturated rings. The average molecular weight is 326 g/mol. The zero-order valence-corrected chi connectivity index (χ0v) is 15.5. The average Bonchev–Trinajstić information content (AvgIpc) is 3.20. The summed E-state index contributed by atoms with van der Waals surface area (Å²) in [4.78, 5) is 16.1. The summed E-state index contributed by atoms with van der Waals surface area (Å²) in [6, 6.07) is 0.166. The van der Waals surface area contributed by atoms with Gasteiger partial charge in [0.2, 0.25) is 0 Å². The van der Waals surface area contributed by atoms with Crippen LogP contribution in [0.2, 0.25) is 0 Å². The lowest BCUT2D eigenvalue weighted by atomic mass is 9.81. The van der Waals surface area contributed by atoms with Crippen molar-refractivity contribution in [1.29, 1.82) is 0 Å². The Labute approximate surface area is 141 Å². The van der Waals surface area contributed by atoms with Crippen LogP contribution in [0.4, 0.5) is 4.79 Å². The summed E-state index contributed by atoms with van der Waals surface area (Å²) in [7, 11) is 3.91. The maximum absolute atomic E-state index is 12.2. The maximum Gasteiger partial charge on any atom is 0.410 e. The van der Waals surface area contributed by atoms with Crippen LogP contribution in [0.25, 0.3) is 0 Å². The number of hydrogen-bond donors (Lipinski definition) is 1. The predicted molar refractivity (Wildman–Crippen MR) is 91.4 cm³/mol. The summed E-state index contributed by atoms with van der Waals surface area (Å²) in [5.41, 5.74) is -1.07. The highest BCUT2D eigenvalue weighted by Gasteiger charge is 2.37. The van der Waals surface area contributed by atoms with E-state index >= 15 is 0 Å². The SMILES string of the molecule is CN(CC1CC1)CC1(O)CCC(N(C)C(=O)OC(C)(C)C)CC1. The smallest absolute Gasteiger partial charge is 0.410 e. The highest BCUT2D eigenvalue weighted by Crippen LogP contribution is 2.34. The Morgan fingerprint density at radius 1 is 1.17 bits per heavy atom. The van der Waals surface area contributed by atoms with Crippen molar-refractivity contribution < 1.29 is 14.6 Å². The molecule has 0 spiro atoms. The number of amides is 1. The molecule has 0 radical (unpaired) electrons. The van der Waals surface area contributed by atoms with Gasteiger partial charge in [-0.2, -0.15) is 0 Å². The molecule has 0 atom stereocenters.